The maximum Gasteiger partial charge on any atom is 0.241 e. The highest BCUT2D eigenvalue weighted by molar-refractivity contribution is 5.94. The fraction of sp³-hybridized carbons (Fsp3) is 0.333. The molecule has 1 amide bonds. The first-order valence-electron chi connectivity index (χ1n) is 11.0. The second-order valence-corrected chi connectivity index (χ2v) is 8.34. The molecule has 1 aromatic carbocycles. The number of likely N-dealkylation sites (tertiary alicyclic amines) is 1. The van der Waals surface area contributed by atoms with Gasteiger partial charge in [0.05, 0.1) is 17.9 Å². The number of aryl methyl sites for hydroxylation is 1. The van der Waals surface area contributed by atoms with Crippen LogP contribution in [0.4, 0.5) is 30.5 Å². The summed E-state index contributed by atoms with van der Waals surface area (Å²) in [7, 11) is 0. The monoisotopic (exact) mass is 470 g/mol. The van der Waals surface area contributed by atoms with Crippen molar-refractivity contribution < 1.29 is 18.0 Å². The zero-order valence-corrected chi connectivity index (χ0v) is 18.9. The Balaban J connectivity index is 1.37. The maximum atomic E-state index is 13.9. The highest BCUT2D eigenvalue weighted by Gasteiger charge is 2.29. The third-order valence-electron chi connectivity index (χ3n) is 5.86. The summed E-state index contributed by atoms with van der Waals surface area (Å²) in [6, 6.07) is 7.09. The van der Waals surface area contributed by atoms with Crippen molar-refractivity contribution in [2.24, 2.45) is 0 Å². The van der Waals surface area contributed by atoms with Crippen molar-refractivity contribution in [3.05, 3.63) is 71.6 Å². The van der Waals surface area contributed by atoms with Crippen LogP contribution in [0.3, 0.4) is 0 Å². The van der Waals surface area contributed by atoms with Gasteiger partial charge in [0.2, 0.25) is 5.91 Å². The van der Waals surface area contributed by atoms with E-state index in [0.717, 1.165) is 42.9 Å². The van der Waals surface area contributed by atoms with Gasteiger partial charge in [-0.3, -0.25) is 9.69 Å². The van der Waals surface area contributed by atoms with Crippen LogP contribution in [0.15, 0.2) is 42.6 Å². The van der Waals surface area contributed by atoms with Gasteiger partial charge in [0.15, 0.2) is 0 Å². The number of pyridine rings is 1. The van der Waals surface area contributed by atoms with Gasteiger partial charge in [-0.2, -0.15) is 0 Å². The second kappa shape index (κ2) is 10.2. The van der Waals surface area contributed by atoms with E-state index in [2.05, 4.69) is 25.6 Å². The first kappa shape index (κ1) is 23.6. The van der Waals surface area contributed by atoms with E-state index < -0.39 is 29.4 Å². The lowest BCUT2D eigenvalue weighted by Crippen LogP contribution is -2.46. The highest BCUT2D eigenvalue weighted by atomic mass is 19.1. The molecule has 1 aliphatic heterocycles. The summed E-state index contributed by atoms with van der Waals surface area (Å²) < 4.78 is 40.4. The number of carbonyl (C=O) groups excluding carboxylic acids is 1. The summed E-state index contributed by atoms with van der Waals surface area (Å²) in [6.45, 7) is 4.88. The Morgan fingerprint density at radius 1 is 1.03 bits per heavy atom. The molecule has 34 heavy (non-hydrogen) atoms. The lowest BCUT2D eigenvalue weighted by molar-refractivity contribution is -0.121. The van der Waals surface area contributed by atoms with Crippen LogP contribution in [0, 0.1) is 24.4 Å². The Morgan fingerprint density at radius 2 is 1.76 bits per heavy atom. The number of hydrogen-bond donors (Lipinski definition) is 2. The standard InChI is InChI=1S/C24H25F3N6O/c1-14-11-22(31-21-6-4-18(26)13-28-21)32-23(29-14)16-7-9-33(10-8-16)15(2)24(34)30-20-12-17(25)3-5-19(20)27/h3-6,11-13,15-16H,7-10H2,1-2H3,(H,30,34)(H,28,29,31,32). The molecule has 178 valence electrons. The first-order valence-corrected chi connectivity index (χ1v) is 11.0. The van der Waals surface area contributed by atoms with Gasteiger partial charge >= 0.3 is 0 Å². The number of aromatic nitrogens is 3. The van der Waals surface area contributed by atoms with Gasteiger partial charge in [0.1, 0.15) is 34.9 Å². The molecular formula is C24H25F3N6O. The molecule has 3 aromatic rings. The van der Waals surface area contributed by atoms with Crippen LogP contribution in [-0.2, 0) is 4.79 Å². The number of amides is 1. The lowest BCUT2D eigenvalue weighted by Gasteiger charge is -2.34. The van der Waals surface area contributed by atoms with Crippen LogP contribution < -0.4 is 10.6 Å². The molecule has 1 saturated heterocycles. The van der Waals surface area contributed by atoms with Crippen LogP contribution in [0.1, 0.15) is 37.2 Å². The van der Waals surface area contributed by atoms with E-state index >= 15 is 0 Å². The van der Waals surface area contributed by atoms with Crippen molar-refractivity contribution in [1.29, 1.82) is 0 Å². The lowest BCUT2D eigenvalue weighted by atomic mass is 9.94. The second-order valence-electron chi connectivity index (χ2n) is 8.34. The smallest absolute Gasteiger partial charge is 0.241 e. The number of anilines is 3. The van der Waals surface area contributed by atoms with Gasteiger partial charge in [-0.1, -0.05) is 0 Å². The summed E-state index contributed by atoms with van der Waals surface area (Å²) >= 11 is 0. The number of hydrogen-bond acceptors (Lipinski definition) is 6. The third kappa shape index (κ3) is 5.69. The molecule has 0 saturated carbocycles. The van der Waals surface area contributed by atoms with E-state index in [1.54, 1.807) is 13.0 Å². The Kier molecular flexibility index (Phi) is 7.06. The SMILES string of the molecule is Cc1cc(Nc2ccc(F)cn2)nc(C2CCN(C(C)C(=O)Nc3cc(F)ccc3F)CC2)n1. The Labute approximate surface area is 195 Å². The first-order chi connectivity index (χ1) is 16.3. The van der Waals surface area contributed by atoms with E-state index in [4.69, 9.17) is 0 Å². The summed E-state index contributed by atoms with van der Waals surface area (Å²) in [4.78, 5) is 27.8. The van der Waals surface area contributed by atoms with Crippen molar-refractivity contribution in [3.63, 3.8) is 0 Å². The number of carbonyl (C=O) groups is 1. The van der Waals surface area contributed by atoms with Crippen LogP contribution in [0.2, 0.25) is 0 Å². The Morgan fingerprint density at radius 3 is 2.47 bits per heavy atom. The van der Waals surface area contributed by atoms with E-state index in [1.807, 2.05) is 11.8 Å². The maximum absolute atomic E-state index is 13.9. The minimum absolute atomic E-state index is 0.105. The predicted octanol–water partition coefficient (Wildman–Crippen LogP) is 4.55. The molecule has 10 heteroatoms. The van der Waals surface area contributed by atoms with E-state index in [1.165, 1.54) is 12.1 Å². The fourth-order valence-corrected chi connectivity index (χ4v) is 3.96. The van der Waals surface area contributed by atoms with Gasteiger partial charge in [0, 0.05) is 23.7 Å². The van der Waals surface area contributed by atoms with Crippen LogP contribution >= 0.6 is 0 Å². The average Bonchev–Trinajstić information content (AvgIpc) is 2.82. The van der Waals surface area contributed by atoms with Gasteiger partial charge in [-0.25, -0.2) is 28.1 Å². The average molecular weight is 470 g/mol. The Hall–Kier alpha value is -3.53. The van der Waals surface area contributed by atoms with Gasteiger partial charge in [-0.15, -0.1) is 0 Å². The molecule has 1 unspecified atom stereocenters. The van der Waals surface area contributed by atoms with E-state index in [0.29, 0.717) is 30.5 Å². The summed E-state index contributed by atoms with van der Waals surface area (Å²) in [5.74, 6) is -0.250. The molecule has 1 atom stereocenters. The molecule has 1 aliphatic rings. The zero-order chi connectivity index (χ0) is 24.2. The molecule has 1 fully saturated rings. The van der Waals surface area contributed by atoms with Crippen LogP contribution in [0.25, 0.3) is 0 Å². The van der Waals surface area contributed by atoms with Crippen molar-refractivity contribution in [3.8, 4) is 0 Å². The van der Waals surface area contributed by atoms with Crippen molar-refractivity contribution in [2.45, 2.75) is 38.6 Å². The third-order valence-corrected chi connectivity index (χ3v) is 5.86. The van der Waals surface area contributed by atoms with Crippen LogP contribution in [0.5, 0.6) is 0 Å². The molecule has 3 heterocycles. The topological polar surface area (TPSA) is 83.0 Å². The normalized spacial score (nSPS) is 15.7. The molecule has 2 aromatic heterocycles. The largest absolute Gasteiger partial charge is 0.325 e. The minimum atomic E-state index is -0.683. The minimum Gasteiger partial charge on any atom is -0.325 e. The molecule has 0 bridgehead atoms. The number of nitrogens with one attached hydrogen (secondary N) is 2. The summed E-state index contributed by atoms with van der Waals surface area (Å²) in [5, 5.41) is 5.55. The molecule has 0 spiro atoms. The molecule has 0 radical (unpaired) electrons. The number of benzene rings is 1. The molecule has 7 nitrogen and oxygen atoms in total. The van der Waals surface area contributed by atoms with Gasteiger partial charge in [-0.05, 0) is 64.0 Å². The van der Waals surface area contributed by atoms with Crippen molar-refractivity contribution >= 4 is 23.2 Å². The molecule has 2 N–H and O–H groups in total. The number of nitrogens with zero attached hydrogens (tertiary/aromatic N) is 4. The fourth-order valence-electron chi connectivity index (χ4n) is 3.96. The van der Waals surface area contributed by atoms with Crippen LogP contribution in [-0.4, -0.2) is 44.9 Å². The summed E-state index contributed by atoms with van der Waals surface area (Å²) in [6.07, 6.45) is 2.61. The Bertz CT molecular complexity index is 1170. The van der Waals surface area contributed by atoms with Gasteiger partial charge < -0.3 is 10.6 Å². The van der Waals surface area contributed by atoms with E-state index in [-0.39, 0.29) is 11.6 Å². The number of rotatable bonds is 6. The molecule has 0 aliphatic carbocycles. The number of piperidine rings is 1. The van der Waals surface area contributed by atoms with Gasteiger partial charge in [0.25, 0.3) is 0 Å². The van der Waals surface area contributed by atoms with Crippen molar-refractivity contribution in [1.82, 2.24) is 19.9 Å². The highest BCUT2D eigenvalue weighted by Crippen LogP contribution is 2.28. The van der Waals surface area contributed by atoms with E-state index in [9.17, 15) is 18.0 Å². The zero-order valence-electron chi connectivity index (χ0n) is 18.9. The molecule has 4 rings (SSSR count). The number of halogens is 3. The molecular weight excluding hydrogens is 445 g/mol. The summed E-state index contributed by atoms with van der Waals surface area (Å²) in [5.41, 5.74) is 0.623. The van der Waals surface area contributed by atoms with Crippen molar-refractivity contribution in [2.75, 3.05) is 23.7 Å². The predicted molar refractivity (Wildman–Crippen MR) is 122 cm³/mol. The quantitative estimate of drug-likeness (QED) is 0.550.